The van der Waals surface area contributed by atoms with Crippen molar-refractivity contribution in [3.63, 3.8) is 0 Å². The number of nitrogens with zero attached hydrogens (tertiary/aromatic N) is 5. The number of anilines is 1. The summed E-state index contributed by atoms with van der Waals surface area (Å²) in [6.45, 7) is 9.81. The zero-order valence-corrected chi connectivity index (χ0v) is 22.0. The van der Waals surface area contributed by atoms with Crippen molar-refractivity contribution in [1.82, 2.24) is 19.7 Å². The molecule has 3 heterocycles. The highest BCUT2D eigenvalue weighted by atomic mass is 35.5. The monoisotopic (exact) mass is 495 g/mol. The first-order valence-electron chi connectivity index (χ1n) is 12.1. The van der Waals surface area contributed by atoms with Gasteiger partial charge in [0.15, 0.2) is 0 Å². The molecule has 0 radical (unpaired) electrons. The van der Waals surface area contributed by atoms with Crippen molar-refractivity contribution in [3.05, 3.63) is 69.6 Å². The van der Waals surface area contributed by atoms with Crippen LogP contribution in [0.1, 0.15) is 33.6 Å². The summed E-state index contributed by atoms with van der Waals surface area (Å²) in [4.78, 5) is 37.9. The van der Waals surface area contributed by atoms with E-state index in [1.54, 1.807) is 30.1 Å². The lowest BCUT2D eigenvalue weighted by Crippen LogP contribution is -2.41. The zero-order chi connectivity index (χ0) is 25.3. The van der Waals surface area contributed by atoms with Gasteiger partial charge in [0, 0.05) is 75.8 Å². The van der Waals surface area contributed by atoms with Crippen molar-refractivity contribution in [2.75, 3.05) is 51.7 Å². The van der Waals surface area contributed by atoms with Gasteiger partial charge in [0.05, 0.1) is 11.3 Å². The van der Waals surface area contributed by atoms with Crippen LogP contribution in [0.2, 0.25) is 5.02 Å². The molecule has 2 aliphatic heterocycles. The number of carbonyl (C=O) groups is 2. The van der Waals surface area contributed by atoms with Crippen LogP contribution in [-0.4, -0.2) is 78.4 Å². The third kappa shape index (κ3) is 5.36. The van der Waals surface area contributed by atoms with Gasteiger partial charge in [0.2, 0.25) is 0 Å². The molecule has 3 amide bonds. The lowest BCUT2D eigenvalue weighted by atomic mass is 10.1. The van der Waals surface area contributed by atoms with Gasteiger partial charge in [0.1, 0.15) is 0 Å². The fourth-order valence-corrected chi connectivity index (χ4v) is 5.12. The predicted octanol–water partition coefficient (Wildman–Crippen LogP) is 4.51. The summed E-state index contributed by atoms with van der Waals surface area (Å²) in [5.41, 5.74) is 5.57. The standard InChI is InChI=1S/C27H34ClN5O2/c1-18-7-8-23(13-24(18)28)33(27(35)30(4)5)12-6-11-31-14-21-16-32(17-22(21)15-31)26(34)25-19(2)9-10-29-20(25)3/h7-10,13,16,22H,6,11-12,14-15,17H2,1-5H3. The van der Waals surface area contributed by atoms with Crippen molar-refractivity contribution in [3.8, 4) is 0 Å². The van der Waals surface area contributed by atoms with E-state index in [4.69, 9.17) is 11.6 Å². The van der Waals surface area contributed by atoms with Crippen molar-refractivity contribution >= 4 is 29.2 Å². The maximum atomic E-state index is 13.1. The number of urea groups is 1. The third-order valence-electron chi connectivity index (χ3n) is 6.91. The molecule has 0 bridgehead atoms. The molecular weight excluding hydrogens is 462 g/mol. The van der Waals surface area contributed by atoms with Crippen LogP contribution in [0, 0.1) is 26.7 Å². The SMILES string of the molecule is Cc1ccc(N(CCCN2CC3=CN(C(=O)c4c(C)ccnc4C)CC3C2)C(=O)N(C)C)cc1Cl. The number of pyridine rings is 1. The number of benzene rings is 1. The average Bonchev–Trinajstić information content (AvgIpc) is 3.37. The number of aryl methyl sites for hydroxylation is 3. The van der Waals surface area contributed by atoms with E-state index < -0.39 is 0 Å². The smallest absolute Gasteiger partial charge is 0.323 e. The largest absolute Gasteiger partial charge is 0.330 e. The van der Waals surface area contributed by atoms with Gasteiger partial charge in [-0.15, -0.1) is 0 Å². The summed E-state index contributed by atoms with van der Waals surface area (Å²) in [6, 6.07) is 7.59. The van der Waals surface area contributed by atoms with E-state index in [0.717, 1.165) is 48.6 Å². The summed E-state index contributed by atoms with van der Waals surface area (Å²) in [5.74, 6) is 0.405. The third-order valence-corrected chi connectivity index (χ3v) is 7.32. The Labute approximate surface area is 213 Å². The minimum absolute atomic E-state index is 0.0381. The molecule has 0 aliphatic carbocycles. The van der Waals surface area contributed by atoms with Crippen LogP contribution in [0.25, 0.3) is 0 Å². The quantitative estimate of drug-likeness (QED) is 0.591. The summed E-state index contributed by atoms with van der Waals surface area (Å²) in [5, 5.41) is 0.661. The van der Waals surface area contributed by atoms with Gasteiger partial charge < -0.3 is 9.80 Å². The Bertz CT molecular complexity index is 1140. The van der Waals surface area contributed by atoms with E-state index in [1.807, 2.05) is 56.1 Å². The Morgan fingerprint density at radius 3 is 2.54 bits per heavy atom. The number of aromatic nitrogens is 1. The van der Waals surface area contributed by atoms with Crippen LogP contribution in [0.4, 0.5) is 10.5 Å². The molecule has 7 nitrogen and oxygen atoms in total. The summed E-state index contributed by atoms with van der Waals surface area (Å²) >= 11 is 6.33. The number of rotatable bonds is 6. The molecule has 186 valence electrons. The number of hydrogen-bond acceptors (Lipinski definition) is 4. The molecule has 1 saturated heterocycles. The van der Waals surface area contributed by atoms with E-state index in [2.05, 4.69) is 9.88 Å². The second-order valence-electron chi connectivity index (χ2n) is 9.80. The lowest BCUT2D eigenvalue weighted by Gasteiger charge is -2.27. The fraction of sp³-hybridized carbons (Fsp3) is 0.444. The number of amides is 3. The molecular formula is C27H34ClN5O2. The van der Waals surface area contributed by atoms with Gasteiger partial charge in [-0.2, -0.15) is 0 Å². The van der Waals surface area contributed by atoms with Crippen LogP contribution in [0.5, 0.6) is 0 Å². The Kier molecular flexibility index (Phi) is 7.47. The molecule has 2 aromatic rings. The summed E-state index contributed by atoms with van der Waals surface area (Å²) in [7, 11) is 3.53. The lowest BCUT2D eigenvalue weighted by molar-refractivity contribution is 0.0818. The minimum atomic E-state index is -0.0546. The van der Waals surface area contributed by atoms with Crippen molar-refractivity contribution in [2.24, 2.45) is 5.92 Å². The summed E-state index contributed by atoms with van der Waals surface area (Å²) in [6.07, 6.45) is 4.63. The Hall–Kier alpha value is -2.90. The van der Waals surface area contributed by atoms with E-state index >= 15 is 0 Å². The highest BCUT2D eigenvalue weighted by molar-refractivity contribution is 6.31. The number of halogens is 1. The van der Waals surface area contributed by atoms with Gasteiger partial charge in [-0.25, -0.2) is 4.79 Å². The van der Waals surface area contributed by atoms with E-state index in [1.165, 1.54) is 5.57 Å². The fourth-order valence-electron chi connectivity index (χ4n) is 4.94. The maximum Gasteiger partial charge on any atom is 0.323 e. The van der Waals surface area contributed by atoms with Gasteiger partial charge in [0.25, 0.3) is 5.91 Å². The van der Waals surface area contributed by atoms with E-state index in [0.29, 0.717) is 29.6 Å². The molecule has 1 aromatic carbocycles. The second kappa shape index (κ2) is 10.4. The topological polar surface area (TPSA) is 60.0 Å². The van der Waals surface area contributed by atoms with Gasteiger partial charge in [-0.1, -0.05) is 17.7 Å². The molecule has 2 aliphatic rings. The number of fused-ring (bicyclic) bond motifs is 1. The van der Waals surface area contributed by atoms with Gasteiger partial charge >= 0.3 is 6.03 Å². The Balaban J connectivity index is 1.36. The Morgan fingerprint density at radius 2 is 1.89 bits per heavy atom. The maximum absolute atomic E-state index is 13.1. The first-order chi connectivity index (χ1) is 16.7. The highest BCUT2D eigenvalue weighted by Crippen LogP contribution is 2.31. The summed E-state index contributed by atoms with van der Waals surface area (Å²) < 4.78 is 0. The minimum Gasteiger partial charge on any atom is -0.330 e. The molecule has 35 heavy (non-hydrogen) atoms. The normalized spacial score (nSPS) is 17.4. The van der Waals surface area contributed by atoms with Gasteiger partial charge in [-0.3, -0.25) is 19.6 Å². The van der Waals surface area contributed by atoms with Crippen molar-refractivity contribution < 1.29 is 9.59 Å². The molecule has 0 saturated carbocycles. The van der Waals surface area contributed by atoms with Crippen molar-refractivity contribution in [1.29, 1.82) is 0 Å². The molecule has 1 fully saturated rings. The van der Waals surface area contributed by atoms with Crippen LogP contribution in [0.3, 0.4) is 0 Å². The van der Waals surface area contributed by atoms with Crippen molar-refractivity contribution in [2.45, 2.75) is 27.2 Å². The van der Waals surface area contributed by atoms with Crippen LogP contribution in [0.15, 0.2) is 42.2 Å². The highest BCUT2D eigenvalue weighted by Gasteiger charge is 2.36. The molecule has 1 atom stereocenters. The van der Waals surface area contributed by atoms with Crippen LogP contribution in [-0.2, 0) is 0 Å². The molecule has 1 aromatic heterocycles. The molecule has 0 spiro atoms. The Morgan fingerprint density at radius 1 is 1.11 bits per heavy atom. The number of likely N-dealkylation sites (tertiary alicyclic amines) is 1. The van der Waals surface area contributed by atoms with Crippen LogP contribution < -0.4 is 4.90 Å². The van der Waals surface area contributed by atoms with Crippen LogP contribution >= 0.6 is 11.6 Å². The molecule has 0 N–H and O–H groups in total. The molecule has 1 unspecified atom stereocenters. The molecule has 4 rings (SSSR count). The first-order valence-corrected chi connectivity index (χ1v) is 12.4. The first kappa shape index (κ1) is 25.2. The average molecular weight is 496 g/mol. The number of hydrogen-bond donors (Lipinski definition) is 0. The molecule has 8 heteroatoms. The second-order valence-corrected chi connectivity index (χ2v) is 10.2. The van der Waals surface area contributed by atoms with Gasteiger partial charge in [-0.05, 0) is 62.1 Å². The predicted molar refractivity (Wildman–Crippen MR) is 140 cm³/mol. The zero-order valence-electron chi connectivity index (χ0n) is 21.2. The number of carbonyl (C=O) groups excluding carboxylic acids is 2. The van der Waals surface area contributed by atoms with E-state index in [-0.39, 0.29) is 11.9 Å². The van der Waals surface area contributed by atoms with E-state index in [9.17, 15) is 9.59 Å².